The summed E-state index contributed by atoms with van der Waals surface area (Å²) < 4.78 is 32.2. The first-order valence-corrected chi connectivity index (χ1v) is 11.1. The summed E-state index contributed by atoms with van der Waals surface area (Å²) in [6.45, 7) is 0.326. The zero-order valence-corrected chi connectivity index (χ0v) is 16.7. The van der Waals surface area contributed by atoms with E-state index in [-0.39, 0.29) is 24.8 Å². The highest BCUT2D eigenvalue weighted by Gasteiger charge is 2.28. The van der Waals surface area contributed by atoms with Gasteiger partial charge in [-0.1, -0.05) is 48.5 Å². The molecule has 0 bridgehead atoms. The van der Waals surface area contributed by atoms with Gasteiger partial charge in [0.2, 0.25) is 10.0 Å². The molecule has 0 aromatic heterocycles. The molecule has 0 spiro atoms. The molecular formula is C22H22N2O4S. The molecule has 4 rings (SSSR count). The third kappa shape index (κ3) is 4.35. The number of nitrogens with one attached hydrogen (secondary N) is 1. The second kappa shape index (κ2) is 8.13. The molecule has 6 nitrogen and oxygen atoms in total. The fraction of sp³-hybridized carbons (Fsp3) is 0.227. The van der Waals surface area contributed by atoms with Gasteiger partial charge >= 0.3 is 0 Å². The lowest BCUT2D eigenvalue weighted by Crippen LogP contribution is -2.38. The van der Waals surface area contributed by atoms with Crippen molar-refractivity contribution in [2.45, 2.75) is 6.42 Å². The number of fused-ring (bicyclic) bond motifs is 2. The maximum absolute atomic E-state index is 12.6. The summed E-state index contributed by atoms with van der Waals surface area (Å²) >= 11 is 0. The minimum atomic E-state index is -3.48. The number of benzene rings is 3. The predicted molar refractivity (Wildman–Crippen MR) is 114 cm³/mol. The standard InChI is InChI=1S/C22H22N2O4S/c25-22(16-28-20-10-9-17-5-1-2-7-19(17)15-20)23-12-14-29(26,27)24-13-11-18-6-3-4-8-21(18)24/h1-10,15H,11-14,16H2,(H,23,25). The molecular weight excluding hydrogens is 388 g/mol. The van der Waals surface area contributed by atoms with Crippen LogP contribution in [0.1, 0.15) is 5.56 Å². The summed E-state index contributed by atoms with van der Waals surface area (Å²) in [5.41, 5.74) is 1.77. The van der Waals surface area contributed by atoms with Crippen LogP contribution in [0.3, 0.4) is 0 Å². The second-order valence-corrected chi connectivity index (χ2v) is 8.93. The molecule has 0 saturated heterocycles. The molecule has 7 heteroatoms. The molecule has 29 heavy (non-hydrogen) atoms. The molecule has 150 valence electrons. The lowest BCUT2D eigenvalue weighted by Gasteiger charge is -2.19. The number of sulfonamides is 1. The monoisotopic (exact) mass is 410 g/mol. The first-order chi connectivity index (χ1) is 14.0. The fourth-order valence-electron chi connectivity index (χ4n) is 3.48. The summed E-state index contributed by atoms with van der Waals surface area (Å²) in [5.74, 6) is 0.0959. The Labute approximate surface area is 170 Å². The number of hydrogen-bond acceptors (Lipinski definition) is 4. The number of rotatable bonds is 7. The van der Waals surface area contributed by atoms with Crippen LogP contribution in [-0.4, -0.2) is 39.8 Å². The van der Waals surface area contributed by atoms with Gasteiger partial charge in [-0.05, 0) is 41.0 Å². The molecule has 1 heterocycles. The summed E-state index contributed by atoms with van der Waals surface area (Å²) in [5, 5.41) is 4.75. The zero-order valence-electron chi connectivity index (χ0n) is 15.9. The Morgan fingerprint density at radius 2 is 1.76 bits per heavy atom. The number of ether oxygens (including phenoxy) is 1. The molecule has 1 aliphatic rings. The van der Waals surface area contributed by atoms with Gasteiger partial charge in [0.05, 0.1) is 11.4 Å². The van der Waals surface area contributed by atoms with Crippen LogP contribution in [-0.2, 0) is 21.2 Å². The number of hydrogen-bond donors (Lipinski definition) is 1. The molecule has 1 aliphatic heterocycles. The lowest BCUT2D eigenvalue weighted by molar-refractivity contribution is -0.122. The predicted octanol–water partition coefficient (Wildman–Crippen LogP) is 2.73. The Bertz CT molecular complexity index is 1140. The van der Waals surface area contributed by atoms with E-state index >= 15 is 0 Å². The van der Waals surface area contributed by atoms with Crippen molar-refractivity contribution < 1.29 is 17.9 Å². The Balaban J connectivity index is 1.27. The van der Waals surface area contributed by atoms with Crippen molar-refractivity contribution in [1.29, 1.82) is 0 Å². The number of carbonyl (C=O) groups excluding carboxylic acids is 1. The molecule has 1 N–H and O–H groups in total. The average molecular weight is 410 g/mol. The van der Waals surface area contributed by atoms with Crippen LogP contribution in [0.15, 0.2) is 66.7 Å². The Morgan fingerprint density at radius 1 is 1.00 bits per heavy atom. The van der Waals surface area contributed by atoms with Crippen LogP contribution in [0.25, 0.3) is 10.8 Å². The Kier molecular flexibility index (Phi) is 5.40. The number of anilines is 1. The van der Waals surface area contributed by atoms with E-state index in [2.05, 4.69) is 5.32 Å². The smallest absolute Gasteiger partial charge is 0.257 e. The van der Waals surface area contributed by atoms with Gasteiger partial charge in [0.15, 0.2) is 6.61 Å². The minimum Gasteiger partial charge on any atom is -0.484 e. The van der Waals surface area contributed by atoms with Crippen LogP contribution < -0.4 is 14.4 Å². The first kappa shape index (κ1) is 19.3. The molecule has 0 saturated carbocycles. The minimum absolute atomic E-state index is 0.0426. The highest BCUT2D eigenvalue weighted by Crippen LogP contribution is 2.29. The van der Waals surface area contributed by atoms with Crippen LogP contribution in [0.2, 0.25) is 0 Å². The molecule has 0 fully saturated rings. The molecule has 1 amide bonds. The van der Waals surface area contributed by atoms with Crippen molar-refractivity contribution in [3.63, 3.8) is 0 Å². The van der Waals surface area contributed by atoms with Gasteiger partial charge in [-0.15, -0.1) is 0 Å². The highest BCUT2D eigenvalue weighted by atomic mass is 32.2. The summed E-state index contributed by atoms with van der Waals surface area (Å²) in [4.78, 5) is 12.0. The van der Waals surface area contributed by atoms with E-state index in [0.717, 1.165) is 22.0 Å². The summed E-state index contributed by atoms with van der Waals surface area (Å²) in [6.07, 6.45) is 0.710. The van der Waals surface area contributed by atoms with Gasteiger partial charge in [-0.3, -0.25) is 9.10 Å². The van der Waals surface area contributed by atoms with E-state index in [9.17, 15) is 13.2 Å². The van der Waals surface area contributed by atoms with Crippen molar-refractivity contribution in [3.8, 4) is 5.75 Å². The SMILES string of the molecule is O=C(COc1ccc2ccccc2c1)NCCS(=O)(=O)N1CCc2ccccc21. The molecule has 0 radical (unpaired) electrons. The van der Waals surface area contributed by atoms with E-state index in [1.54, 1.807) is 0 Å². The molecule has 3 aromatic rings. The van der Waals surface area contributed by atoms with Gasteiger partial charge in [-0.25, -0.2) is 8.42 Å². The average Bonchev–Trinajstić information content (AvgIpc) is 3.17. The van der Waals surface area contributed by atoms with E-state index in [4.69, 9.17) is 4.74 Å². The van der Waals surface area contributed by atoms with Crippen LogP contribution in [0.5, 0.6) is 5.75 Å². The second-order valence-electron chi connectivity index (χ2n) is 6.91. The lowest BCUT2D eigenvalue weighted by atomic mass is 10.1. The van der Waals surface area contributed by atoms with E-state index in [1.165, 1.54) is 4.31 Å². The number of para-hydroxylation sites is 1. The molecule has 0 atom stereocenters. The summed E-state index contributed by atoms with van der Waals surface area (Å²) in [7, 11) is -3.48. The van der Waals surface area contributed by atoms with E-state index < -0.39 is 10.0 Å². The topological polar surface area (TPSA) is 75.7 Å². The van der Waals surface area contributed by atoms with Crippen molar-refractivity contribution in [1.82, 2.24) is 5.32 Å². The largest absolute Gasteiger partial charge is 0.484 e. The van der Waals surface area contributed by atoms with Gasteiger partial charge in [-0.2, -0.15) is 0 Å². The van der Waals surface area contributed by atoms with Crippen molar-refractivity contribution >= 4 is 32.4 Å². The normalized spacial score (nSPS) is 13.3. The number of amides is 1. The number of nitrogens with zero attached hydrogens (tertiary/aromatic N) is 1. The maximum Gasteiger partial charge on any atom is 0.257 e. The van der Waals surface area contributed by atoms with Crippen molar-refractivity contribution in [2.75, 3.05) is 29.8 Å². The Hall–Kier alpha value is -3.06. The van der Waals surface area contributed by atoms with E-state index in [1.807, 2.05) is 66.7 Å². The fourth-order valence-corrected chi connectivity index (χ4v) is 4.91. The van der Waals surface area contributed by atoms with E-state index in [0.29, 0.717) is 18.7 Å². The quantitative estimate of drug-likeness (QED) is 0.650. The van der Waals surface area contributed by atoms with Crippen molar-refractivity contribution in [3.05, 3.63) is 72.3 Å². The maximum atomic E-state index is 12.6. The van der Waals surface area contributed by atoms with Crippen LogP contribution in [0, 0.1) is 0 Å². The van der Waals surface area contributed by atoms with Crippen molar-refractivity contribution in [2.24, 2.45) is 0 Å². The number of carbonyl (C=O) groups is 1. The van der Waals surface area contributed by atoms with Gasteiger partial charge in [0.1, 0.15) is 5.75 Å². The highest BCUT2D eigenvalue weighted by molar-refractivity contribution is 7.92. The Morgan fingerprint density at radius 3 is 2.62 bits per heavy atom. The van der Waals surface area contributed by atoms with Gasteiger partial charge < -0.3 is 10.1 Å². The van der Waals surface area contributed by atoms with Gasteiger partial charge in [0.25, 0.3) is 5.91 Å². The van der Waals surface area contributed by atoms with Gasteiger partial charge in [0, 0.05) is 13.1 Å². The van der Waals surface area contributed by atoms with Crippen LogP contribution in [0.4, 0.5) is 5.69 Å². The summed E-state index contributed by atoms with van der Waals surface area (Å²) in [6, 6.07) is 21.0. The zero-order chi connectivity index (χ0) is 20.3. The molecule has 3 aromatic carbocycles. The molecule has 0 unspecified atom stereocenters. The third-order valence-corrected chi connectivity index (χ3v) is 6.72. The van der Waals surface area contributed by atoms with Crippen LogP contribution >= 0.6 is 0 Å². The molecule has 0 aliphatic carbocycles. The third-order valence-electron chi connectivity index (χ3n) is 4.95. The first-order valence-electron chi connectivity index (χ1n) is 9.49.